The minimum absolute atomic E-state index is 0.0732. The number of carbonyl (C=O) groups excluding carboxylic acids is 2. The molecule has 128 valence electrons. The van der Waals surface area contributed by atoms with Crippen LogP contribution in [-0.4, -0.2) is 25.0 Å². The number of alkyl carbamates (subject to hydrolysis) is 1. The third-order valence-corrected chi connectivity index (χ3v) is 5.30. The molecule has 2 aliphatic rings. The van der Waals surface area contributed by atoms with Crippen LogP contribution in [-0.2, 0) is 9.53 Å². The molecule has 2 aromatic rings. The van der Waals surface area contributed by atoms with Crippen LogP contribution < -0.4 is 5.32 Å². The third-order valence-electron chi connectivity index (χ3n) is 5.30. The molecule has 4 rings (SSSR count). The summed E-state index contributed by atoms with van der Waals surface area (Å²) in [5, 5.41) is 2.79. The molecule has 4 nitrogen and oxygen atoms in total. The first-order valence-electron chi connectivity index (χ1n) is 8.74. The monoisotopic (exact) mass is 335 g/mol. The lowest BCUT2D eigenvalue weighted by Crippen LogP contribution is -2.28. The molecule has 4 heteroatoms. The molecule has 1 N–H and O–H groups in total. The number of Topliss-reactive ketones (excluding diaryl/α,β-unsaturated/α-hetero) is 1. The van der Waals surface area contributed by atoms with Crippen molar-refractivity contribution in [1.29, 1.82) is 0 Å². The molecule has 0 spiro atoms. The van der Waals surface area contributed by atoms with E-state index in [9.17, 15) is 9.59 Å². The van der Waals surface area contributed by atoms with Gasteiger partial charge in [0.1, 0.15) is 12.4 Å². The number of benzene rings is 2. The van der Waals surface area contributed by atoms with Crippen LogP contribution in [0.5, 0.6) is 0 Å². The standard InChI is InChI=1S/C21H21NO3/c1-13(23)19-10-14(19)11-22-21(24)25-12-20-17-8-4-2-6-15(17)16-7-3-5-9-18(16)20/h2-9,14,19-20H,10-12H2,1H3,(H,22,24)/t14-,19-/m1/s1. The molecular weight excluding hydrogens is 314 g/mol. The van der Waals surface area contributed by atoms with E-state index in [2.05, 4.69) is 29.6 Å². The zero-order valence-electron chi connectivity index (χ0n) is 14.2. The number of hydrogen-bond acceptors (Lipinski definition) is 3. The molecule has 25 heavy (non-hydrogen) atoms. The molecule has 1 amide bonds. The average Bonchev–Trinajstić information content (AvgIpc) is 3.34. The summed E-state index contributed by atoms with van der Waals surface area (Å²) in [5.41, 5.74) is 4.84. The van der Waals surface area contributed by atoms with Gasteiger partial charge in [0, 0.05) is 18.4 Å². The van der Waals surface area contributed by atoms with E-state index < -0.39 is 6.09 Å². The molecule has 2 atom stereocenters. The Labute approximate surface area is 147 Å². The first-order valence-corrected chi connectivity index (χ1v) is 8.74. The Morgan fingerprint density at radius 2 is 1.64 bits per heavy atom. The van der Waals surface area contributed by atoms with Crippen molar-refractivity contribution >= 4 is 11.9 Å². The van der Waals surface area contributed by atoms with Crippen molar-refractivity contribution in [3.05, 3.63) is 59.7 Å². The van der Waals surface area contributed by atoms with E-state index in [-0.39, 0.29) is 23.5 Å². The number of rotatable bonds is 5. The van der Waals surface area contributed by atoms with Gasteiger partial charge < -0.3 is 10.1 Å². The molecule has 0 heterocycles. The Balaban J connectivity index is 1.38. The maximum atomic E-state index is 12.0. The Morgan fingerprint density at radius 3 is 2.20 bits per heavy atom. The van der Waals surface area contributed by atoms with Crippen LogP contribution in [0.25, 0.3) is 11.1 Å². The summed E-state index contributed by atoms with van der Waals surface area (Å²) in [7, 11) is 0. The summed E-state index contributed by atoms with van der Waals surface area (Å²) in [6, 6.07) is 16.5. The van der Waals surface area contributed by atoms with Crippen molar-refractivity contribution in [2.75, 3.05) is 13.2 Å². The molecular formula is C21H21NO3. The van der Waals surface area contributed by atoms with Crippen LogP contribution in [0.15, 0.2) is 48.5 Å². The van der Waals surface area contributed by atoms with Crippen LogP contribution in [0.4, 0.5) is 4.79 Å². The number of hydrogen-bond donors (Lipinski definition) is 1. The van der Waals surface area contributed by atoms with E-state index in [0.717, 1.165) is 6.42 Å². The number of amides is 1. The second kappa shape index (κ2) is 6.36. The molecule has 0 saturated heterocycles. The van der Waals surface area contributed by atoms with Crippen LogP contribution >= 0.6 is 0 Å². The minimum Gasteiger partial charge on any atom is -0.449 e. The zero-order valence-corrected chi connectivity index (χ0v) is 14.2. The van der Waals surface area contributed by atoms with Gasteiger partial charge in [-0.3, -0.25) is 4.79 Å². The van der Waals surface area contributed by atoms with Gasteiger partial charge in [0.25, 0.3) is 0 Å². The molecule has 0 unspecified atom stereocenters. The van der Waals surface area contributed by atoms with Crippen LogP contribution in [0, 0.1) is 11.8 Å². The van der Waals surface area contributed by atoms with E-state index >= 15 is 0 Å². The van der Waals surface area contributed by atoms with Crippen LogP contribution in [0.1, 0.15) is 30.4 Å². The van der Waals surface area contributed by atoms with Crippen molar-refractivity contribution in [1.82, 2.24) is 5.32 Å². The Morgan fingerprint density at radius 1 is 1.04 bits per heavy atom. The summed E-state index contributed by atoms with van der Waals surface area (Å²) in [5.74, 6) is 0.676. The fourth-order valence-corrected chi connectivity index (χ4v) is 3.83. The second-order valence-corrected chi connectivity index (χ2v) is 6.92. The summed E-state index contributed by atoms with van der Waals surface area (Å²) in [6.07, 6.45) is 0.468. The van der Waals surface area contributed by atoms with Gasteiger partial charge in [-0.25, -0.2) is 4.79 Å². The highest BCUT2D eigenvalue weighted by Crippen LogP contribution is 2.44. The smallest absolute Gasteiger partial charge is 0.407 e. The maximum absolute atomic E-state index is 12.0. The molecule has 1 fully saturated rings. The lowest BCUT2D eigenvalue weighted by Gasteiger charge is -2.14. The topological polar surface area (TPSA) is 55.4 Å². The molecule has 0 aliphatic heterocycles. The highest BCUT2D eigenvalue weighted by molar-refractivity contribution is 5.81. The number of ether oxygens (including phenoxy) is 1. The van der Waals surface area contributed by atoms with Crippen molar-refractivity contribution in [2.24, 2.45) is 11.8 Å². The fraction of sp³-hybridized carbons (Fsp3) is 0.333. The maximum Gasteiger partial charge on any atom is 0.407 e. The van der Waals surface area contributed by atoms with Gasteiger partial charge in [0.05, 0.1) is 0 Å². The van der Waals surface area contributed by atoms with Crippen LogP contribution in [0.3, 0.4) is 0 Å². The van der Waals surface area contributed by atoms with E-state index in [0.29, 0.717) is 13.2 Å². The number of fused-ring (bicyclic) bond motifs is 3. The highest BCUT2D eigenvalue weighted by atomic mass is 16.5. The first-order chi connectivity index (χ1) is 12.1. The summed E-state index contributed by atoms with van der Waals surface area (Å²) < 4.78 is 5.48. The fourth-order valence-electron chi connectivity index (χ4n) is 3.83. The SMILES string of the molecule is CC(=O)[C@H]1C[C@@H]1CNC(=O)OCC1c2ccccc2-c2ccccc21. The quantitative estimate of drug-likeness (QED) is 0.905. The predicted molar refractivity (Wildman–Crippen MR) is 95.3 cm³/mol. The zero-order chi connectivity index (χ0) is 17.4. The predicted octanol–water partition coefficient (Wildman–Crippen LogP) is 3.75. The third kappa shape index (κ3) is 3.04. The largest absolute Gasteiger partial charge is 0.449 e. The normalized spacial score (nSPS) is 20.5. The lowest BCUT2D eigenvalue weighted by molar-refractivity contribution is -0.118. The van der Waals surface area contributed by atoms with Gasteiger partial charge in [-0.2, -0.15) is 0 Å². The van der Waals surface area contributed by atoms with Gasteiger partial charge in [-0.1, -0.05) is 48.5 Å². The highest BCUT2D eigenvalue weighted by Gasteiger charge is 2.40. The van der Waals surface area contributed by atoms with Crippen LogP contribution in [0.2, 0.25) is 0 Å². The van der Waals surface area contributed by atoms with Gasteiger partial charge in [0.2, 0.25) is 0 Å². The first kappa shape index (κ1) is 15.9. The van der Waals surface area contributed by atoms with E-state index in [1.807, 2.05) is 24.3 Å². The minimum atomic E-state index is -0.406. The Kier molecular flexibility index (Phi) is 4.04. The van der Waals surface area contributed by atoms with Crippen molar-refractivity contribution < 1.29 is 14.3 Å². The van der Waals surface area contributed by atoms with Gasteiger partial charge in [0.15, 0.2) is 0 Å². The summed E-state index contributed by atoms with van der Waals surface area (Å²) in [4.78, 5) is 23.3. The lowest BCUT2D eigenvalue weighted by atomic mass is 9.98. The Hall–Kier alpha value is -2.62. The van der Waals surface area contributed by atoms with Crippen molar-refractivity contribution in [2.45, 2.75) is 19.3 Å². The van der Waals surface area contributed by atoms with Crippen molar-refractivity contribution in [3.63, 3.8) is 0 Å². The van der Waals surface area contributed by atoms with Gasteiger partial charge >= 0.3 is 6.09 Å². The molecule has 0 radical (unpaired) electrons. The van der Waals surface area contributed by atoms with E-state index in [4.69, 9.17) is 4.74 Å². The van der Waals surface area contributed by atoms with Gasteiger partial charge in [-0.05, 0) is 41.5 Å². The van der Waals surface area contributed by atoms with Crippen molar-refractivity contribution in [3.8, 4) is 11.1 Å². The van der Waals surface area contributed by atoms with E-state index in [1.54, 1.807) is 6.92 Å². The van der Waals surface area contributed by atoms with E-state index in [1.165, 1.54) is 22.3 Å². The molecule has 2 aromatic carbocycles. The molecule has 0 bridgehead atoms. The van der Waals surface area contributed by atoms with Gasteiger partial charge in [-0.15, -0.1) is 0 Å². The second-order valence-electron chi connectivity index (χ2n) is 6.92. The summed E-state index contributed by atoms with van der Waals surface area (Å²) >= 11 is 0. The number of nitrogens with one attached hydrogen (secondary N) is 1. The number of ketones is 1. The molecule has 1 saturated carbocycles. The Bertz CT molecular complexity index is 784. The molecule has 2 aliphatic carbocycles. The average molecular weight is 335 g/mol. The summed E-state index contributed by atoms with van der Waals surface area (Å²) in [6.45, 7) is 2.44. The number of carbonyl (C=O) groups is 2. The molecule has 0 aromatic heterocycles.